The van der Waals surface area contributed by atoms with Crippen molar-refractivity contribution in [2.75, 3.05) is 26.2 Å². The molecule has 3 rings (SSSR count). The smallest absolute Gasteiger partial charge is 0.123 e. The normalized spacial score (nSPS) is 20.6. The van der Waals surface area contributed by atoms with E-state index < -0.39 is 0 Å². The Morgan fingerprint density at radius 1 is 1.38 bits per heavy atom. The van der Waals surface area contributed by atoms with Gasteiger partial charge in [0.15, 0.2) is 0 Å². The molecule has 5 nitrogen and oxygen atoms in total. The van der Waals surface area contributed by atoms with Crippen molar-refractivity contribution in [1.82, 2.24) is 15.1 Å². The van der Waals surface area contributed by atoms with E-state index in [0.717, 1.165) is 61.1 Å². The molecule has 5 heteroatoms. The van der Waals surface area contributed by atoms with Gasteiger partial charge in [0.05, 0.1) is 24.4 Å². The van der Waals surface area contributed by atoms with Crippen molar-refractivity contribution in [3.8, 4) is 5.75 Å². The average Bonchev–Trinajstić information content (AvgIpc) is 2.86. The molecule has 0 radical (unpaired) electrons. The quantitative estimate of drug-likeness (QED) is 0.905. The molecule has 1 atom stereocenters. The first-order valence-electron chi connectivity index (χ1n) is 7.70. The molecule has 0 bridgehead atoms. The number of aryl methyl sites for hydroxylation is 1. The first kappa shape index (κ1) is 14.4. The SMILES string of the molecule is Cc1c(OC2CCCN(CCO)CC2)ccc2[nH]ncc12. The Morgan fingerprint density at radius 2 is 2.29 bits per heavy atom. The number of nitrogens with zero attached hydrogens (tertiary/aromatic N) is 2. The summed E-state index contributed by atoms with van der Waals surface area (Å²) in [5.74, 6) is 0.963. The number of β-amino-alcohol motifs (C(OH)–C–C–N with tert-alkyl or cyclic N) is 1. The predicted molar refractivity (Wildman–Crippen MR) is 82.6 cm³/mol. The van der Waals surface area contributed by atoms with Crippen molar-refractivity contribution in [3.05, 3.63) is 23.9 Å². The Morgan fingerprint density at radius 3 is 3.14 bits per heavy atom. The molecule has 0 spiro atoms. The van der Waals surface area contributed by atoms with E-state index in [1.165, 1.54) is 0 Å². The van der Waals surface area contributed by atoms with Crippen LogP contribution in [0, 0.1) is 6.92 Å². The fourth-order valence-electron chi connectivity index (χ4n) is 3.05. The number of H-pyrrole nitrogens is 1. The largest absolute Gasteiger partial charge is 0.490 e. The van der Waals surface area contributed by atoms with Gasteiger partial charge in [-0.1, -0.05) is 0 Å². The summed E-state index contributed by atoms with van der Waals surface area (Å²) in [6.07, 6.45) is 5.33. The Labute approximate surface area is 124 Å². The van der Waals surface area contributed by atoms with Gasteiger partial charge in [-0.3, -0.25) is 5.10 Å². The van der Waals surface area contributed by atoms with E-state index in [4.69, 9.17) is 9.84 Å². The highest BCUT2D eigenvalue weighted by molar-refractivity contribution is 5.83. The summed E-state index contributed by atoms with van der Waals surface area (Å²) in [4.78, 5) is 2.31. The van der Waals surface area contributed by atoms with Gasteiger partial charge in [-0.2, -0.15) is 5.10 Å². The fourth-order valence-corrected chi connectivity index (χ4v) is 3.05. The number of ether oxygens (including phenoxy) is 1. The number of benzene rings is 1. The third-order valence-electron chi connectivity index (χ3n) is 4.32. The van der Waals surface area contributed by atoms with Gasteiger partial charge in [0.25, 0.3) is 0 Å². The lowest BCUT2D eigenvalue weighted by molar-refractivity contribution is 0.170. The molecule has 1 aliphatic heterocycles. The van der Waals surface area contributed by atoms with E-state index in [2.05, 4.69) is 22.0 Å². The molecule has 2 aromatic rings. The molecule has 2 heterocycles. The summed E-state index contributed by atoms with van der Waals surface area (Å²) in [7, 11) is 0. The second kappa shape index (κ2) is 6.45. The number of nitrogens with one attached hydrogen (secondary N) is 1. The van der Waals surface area contributed by atoms with Crippen LogP contribution in [0.2, 0.25) is 0 Å². The predicted octanol–water partition coefficient (Wildman–Crippen LogP) is 2.10. The van der Waals surface area contributed by atoms with Gasteiger partial charge in [0.1, 0.15) is 5.75 Å². The van der Waals surface area contributed by atoms with Crippen LogP contribution < -0.4 is 4.74 Å². The van der Waals surface area contributed by atoms with Crippen molar-refractivity contribution in [2.24, 2.45) is 0 Å². The Kier molecular flexibility index (Phi) is 4.41. The van der Waals surface area contributed by atoms with Gasteiger partial charge in [0, 0.05) is 24.0 Å². The molecule has 1 unspecified atom stereocenters. The van der Waals surface area contributed by atoms with Crippen molar-refractivity contribution in [3.63, 3.8) is 0 Å². The van der Waals surface area contributed by atoms with Crippen LogP contribution in [0.1, 0.15) is 24.8 Å². The van der Waals surface area contributed by atoms with E-state index in [-0.39, 0.29) is 12.7 Å². The summed E-state index contributed by atoms with van der Waals surface area (Å²) < 4.78 is 6.24. The lowest BCUT2D eigenvalue weighted by Gasteiger charge is -2.20. The molecule has 21 heavy (non-hydrogen) atoms. The second-order valence-electron chi connectivity index (χ2n) is 5.76. The molecule has 0 saturated carbocycles. The van der Waals surface area contributed by atoms with Gasteiger partial charge in [0.2, 0.25) is 0 Å². The fraction of sp³-hybridized carbons (Fsp3) is 0.562. The van der Waals surface area contributed by atoms with Crippen LogP contribution in [0.15, 0.2) is 18.3 Å². The third kappa shape index (κ3) is 3.19. The highest BCUT2D eigenvalue weighted by atomic mass is 16.5. The standard InChI is InChI=1S/C16H23N3O2/c1-12-14-11-17-18-15(14)4-5-16(12)21-13-3-2-7-19(8-6-13)9-10-20/h4-5,11,13,20H,2-3,6-10H2,1H3,(H,17,18). The lowest BCUT2D eigenvalue weighted by atomic mass is 10.1. The minimum absolute atomic E-state index is 0.238. The summed E-state index contributed by atoms with van der Waals surface area (Å²) in [5, 5.41) is 17.2. The molecule has 1 fully saturated rings. The number of hydrogen-bond donors (Lipinski definition) is 2. The van der Waals surface area contributed by atoms with Crippen molar-refractivity contribution >= 4 is 10.9 Å². The van der Waals surface area contributed by atoms with Crippen molar-refractivity contribution in [2.45, 2.75) is 32.3 Å². The van der Waals surface area contributed by atoms with Gasteiger partial charge in [-0.25, -0.2) is 0 Å². The zero-order chi connectivity index (χ0) is 14.7. The van der Waals surface area contributed by atoms with Crippen LogP contribution in [-0.2, 0) is 0 Å². The number of rotatable bonds is 4. The van der Waals surface area contributed by atoms with Crippen LogP contribution >= 0.6 is 0 Å². The highest BCUT2D eigenvalue weighted by Crippen LogP contribution is 2.28. The van der Waals surface area contributed by atoms with Crippen LogP contribution in [0.25, 0.3) is 10.9 Å². The van der Waals surface area contributed by atoms with Crippen LogP contribution in [0.3, 0.4) is 0 Å². The van der Waals surface area contributed by atoms with E-state index in [9.17, 15) is 0 Å². The molecule has 2 N–H and O–H groups in total. The van der Waals surface area contributed by atoms with Crippen molar-refractivity contribution in [1.29, 1.82) is 0 Å². The maximum Gasteiger partial charge on any atom is 0.123 e. The molecule has 114 valence electrons. The monoisotopic (exact) mass is 289 g/mol. The minimum atomic E-state index is 0.238. The zero-order valence-corrected chi connectivity index (χ0v) is 12.5. The van der Waals surface area contributed by atoms with E-state index in [1.807, 2.05) is 18.3 Å². The van der Waals surface area contributed by atoms with Gasteiger partial charge in [-0.05, 0) is 44.9 Å². The lowest BCUT2D eigenvalue weighted by Crippen LogP contribution is -2.28. The topological polar surface area (TPSA) is 61.4 Å². The number of likely N-dealkylation sites (tertiary alicyclic amines) is 1. The number of fused-ring (bicyclic) bond motifs is 1. The Bertz CT molecular complexity index is 596. The number of aromatic amines is 1. The van der Waals surface area contributed by atoms with Crippen LogP contribution in [0.5, 0.6) is 5.75 Å². The zero-order valence-electron chi connectivity index (χ0n) is 12.5. The van der Waals surface area contributed by atoms with Gasteiger partial charge >= 0.3 is 0 Å². The number of aromatic nitrogens is 2. The number of aliphatic hydroxyl groups excluding tert-OH is 1. The molecule has 1 aromatic heterocycles. The molecule has 1 saturated heterocycles. The van der Waals surface area contributed by atoms with Crippen molar-refractivity contribution < 1.29 is 9.84 Å². The van der Waals surface area contributed by atoms with E-state index >= 15 is 0 Å². The highest BCUT2D eigenvalue weighted by Gasteiger charge is 2.19. The summed E-state index contributed by atoms with van der Waals surface area (Å²) in [6, 6.07) is 4.06. The summed E-state index contributed by atoms with van der Waals surface area (Å²) in [5.41, 5.74) is 2.20. The maximum atomic E-state index is 9.05. The van der Waals surface area contributed by atoms with E-state index in [1.54, 1.807) is 0 Å². The van der Waals surface area contributed by atoms with E-state index in [0.29, 0.717) is 0 Å². The molecule has 1 aromatic carbocycles. The maximum absolute atomic E-state index is 9.05. The number of aliphatic hydroxyl groups is 1. The third-order valence-corrected chi connectivity index (χ3v) is 4.32. The second-order valence-corrected chi connectivity index (χ2v) is 5.76. The first-order chi connectivity index (χ1) is 10.3. The Balaban J connectivity index is 1.68. The van der Waals surface area contributed by atoms with Gasteiger partial charge < -0.3 is 14.7 Å². The average molecular weight is 289 g/mol. The number of hydrogen-bond acceptors (Lipinski definition) is 4. The molecular formula is C16H23N3O2. The first-order valence-corrected chi connectivity index (χ1v) is 7.70. The van der Waals surface area contributed by atoms with Crippen LogP contribution in [0.4, 0.5) is 0 Å². The van der Waals surface area contributed by atoms with Crippen LogP contribution in [-0.4, -0.2) is 52.5 Å². The molecule has 1 aliphatic rings. The molecule has 0 aliphatic carbocycles. The summed E-state index contributed by atoms with van der Waals surface area (Å²) >= 11 is 0. The Hall–Kier alpha value is -1.59. The summed E-state index contributed by atoms with van der Waals surface area (Å²) in [6.45, 7) is 5.15. The minimum Gasteiger partial charge on any atom is -0.490 e. The molecular weight excluding hydrogens is 266 g/mol. The molecule has 0 amide bonds. The van der Waals surface area contributed by atoms with Gasteiger partial charge in [-0.15, -0.1) is 0 Å².